The van der Waals surface area contributed by atoms with Crippen LogP contribution < -0.4 is 0 Å². The van der Waals surface area contributed by atoms with Gasteiger partial charge in [-0.3, -0.25) is 4.79 Å². The Hall–Kier alpha value is -1.16. The first-order valence-corrected chi connectivity index (χ1v) is 5.90. The smallest absolute Gasteiger partial charge is 0.253 e. The molecule has 1 heterocycles. The van der Waals surface area contributed by atoms with E-state index in [1.54, 1.807) is 4.90 Å². The number of benzene rings is 1. The molecular formula is C12H12ClF2NO. The van der Waals surface area contributed by atoms with Gasteiger partial charge in [-0.05, 0) is 31.0 Å². The average molecular weight is 260 g/mol. The molecule has 0 spiro atoms. The second-order valence-electron chi connectivity index (χ2n) is 4.10. The summed E-state index contributed by atoms with van der Waals surface area (Å²) in [6, 6.07) is 3.20. The number of amides is 1. The van der Waals surface area contributed by atoms with Crippen molar-refractivity contribution in [2.75, 3.05) is 13.1 Å². The van der Waals surface area contributed by atoms with Gasteiger partial charge in [-0.25, -0.2) is 8.78 Å². The second-order valence-corrected chi connectivity index (χ2v) is 4.71. The molecule has 0 N–H and O–H groups in total. The van der Waals surface area contributed by atoms with Gasteiger partial charge in [-0.15, -0.1) is 11.6 Å². The van der Waals surface area contributed by atoms with E-state index in [2.05, 4.69) is 0 Å². The van der Waals surface area contributed by atoms with E-state index in [0.29, 0.717) is 13.1 Å². The van der Waals surface area contributed by atoms with Gasteiger partial charge in [0.05, 0.1) is 0 Å². The Labute approximate surface area is 103 Å². The van der Waals surface area contributed by atoms with Gasteiger partial charge in [-0.2, -0.15) is 0 Å². The number of carbonyl (C=O) groups is 1. The van der Waals surface area contributed by atoms with Crippen LogP contribution in [-0.2, 0) is 0 Å². The first-order chi connectivity index (χ1) is 8.08. The lowest BCUT2D eigenvalue weighted by atomic mass is 10.1. The van der Waals surface area contributed by atoms with Crippen LogP contribution in [0.15, 0.2) is 18.2 Å². The molecule has 1 saturated heterocycles. The summed E-state index contributed by atoms with van der Waals surface area (Å²) >= 11 is 5.93. The summed E-state index contributed by atoms with van der Waals surface area (Å²) in [5, 5.41) is 0.101. The van der Waals surface area contributed by atoms with Gasteiger partial charge in [0.2, 0.25) is 0 Å². The van der Waals surface area contributed by atoms with Gasteiger partial charge in [0.25, 0.3) is 5.91 Å². The van der Waals surface area contributed by atoms with E-state index in [1.165, 1.54) is 6.07 Å². The molecule has 2 nitrogen and oxygen atoms in total. The monoisotopic (exact) mass is 259 g/mol. The molecule has 0 radical (unpaired) electrons. The van der Waals surface area contributed by atoms with Crippen LogP contribution in [0.25, 0.3) is 0 Å². The number of halogens is 3. The van der Waals surface area contributed by atoms with Gasteiger partial charge >= 0.3 is 0 Å². The van der Waals surface area contributed by atoms with Crippen molar-refractivity contribution in [1.82, 2.24) is 4.90 Å². The highest BCUT2D eigenvalue weighted by molar-refractivity contribution is 6.20. The Kier molecular flexibility index (Phi) is 3.62. The van der Waals surface area contributed by atoms with Crippen LogP contribution in [0.3, 0.4) is 0 Å². The van der Waals surface area contributed by atoms with Crippen molar-refractivity contribution >= 4 is 17.5 Å². The molecule has 1 aromatic carbocycles. The number of carbonyl (C=O) groups excluding carboxylic acids is 1. The third kappa shape index (κ3) is 2.75. The first kappa shape index (κ1) is 12.3. The van der Waals surface area contributed by atoms with E-state index in [4.69, 9.17) is 11.6 Å². The van der Waals surface area contributed by atoms with Crippen LogP contribution in [0.5, 0.6) is 0 Å². The number of rotatable bonds is 1. The maximum absolute atomic E-state index is 13.0. The Bertz CT molecular complexity index is 431. The van der Waals surface area contributed by atoms with Crippen molar-refractivity contribution in [3.05, 3.63) is 35.4 Å². The number of nitrogens with zero attached hydrogens (tertiary/aromatic N) is 1. The second kappa shape index (κ2) is 5.00. The fourth-order valence-corrected chi connectivity index (χ4v) is 2.06. The maximum atomic E-state index is 13.0. The van der Waals surface area contributed by atoms with Gasteiger partial charge in [0, 0.05) is 24.0 Å². The van der Waals surface area contributed by atoms with Crippen LogP contribution in [0, 0.1) is 11.6 Å². The molecule has 0 aromatic heterocycles. The quantitative estimate of drug-likeness (QED) is 0.710. The summed E-state index contributed by atoms with van der Waals surface area (Å²) in [6.45, 7) is 1.12. The van der Waals surface area contributed by atoms with E-state index in [9.17, 15) is 13.6 Å². The Morgan fingerprint density at radius 2 is 1.88 bits per heavy atom. The molecule has 17 heavy (non-hydrogen) atoms. The molecule has 92 valence electrons. The molecule has 5 heteroatoms. The zero-order valence-electron chi connectivity index (χ0n) is 9.13. The molecule has 1 aromatic rings. The number of alkyl halides is 1. The van der Waals surface area contributed by atoms with Gasteiger partial charge < -0.3 is 4.90 Å². The molecule has 1 aliphatic rings. The van der Waals surface area contributed by atoms with E-state index in [0.717, 1.165) is 25.0 Å². The Morgan fingerprint density at radius 1 is 1.24 bits per heavy atom. The van der Waals surface area contributed by atoms with Crippen LogP contribution >= 0.6 is 11.6 Å². The van der Waals surface area contributed by atoms with E-state index in [1.807, 2.05) is 0 Å². The number of piperidine rings is 1. The van der Waals surface area contributed by atoms with Crippen LogP contribution in [-0.4, -0.2) is 29.3 Å². The zero-order chi connectivity index (χ0) is 12.4. The maximum Gasteiger partial charge on any atom is 0.253 e. The largest absolute Gasteiger partial charge is 0.339 e. The predicted octanol–water partition coefficient (Wildman–Crippen LogP) is 2.81. The first-order valence-electron chi connectivity index (χ1n) is 5.46. The standard InChI is InChI=1S/C12H12ClF2NO/c13-9-3-5-16(6-4-9)12(17)8-1-2-10(14)11(15)7-8/h1-2,7,9H,3-6H2. The SMILES string of the molecule is O=C(c1ccc(F)c(F)c1)N1CCC(Cl)CC1. The normalized spacial score (nSPS) is 17.2. The molecule has 0 atom stereocenters. The highest BCUT2D eigenvalue weighted by atomic mass is 35.5. The Balaban J connectivity index is 2.11. The van der Waals surface area contributed by atoms with Gasteiger partial charge in [-0.1, -0.05) is 0 Å². The van der Waals surface area contributed by atoms with Crippen LogP contribution in [0.1, 0.15) is 23.2 Å². The highest BCUT2D eigenvalue weighted by Crippen LogP contribution is 2.18. The number of hydrogen-bond acceptors (Lipinski definition) is 1. The van der Waals surface area contributed by atoms with Crippen molar-refractivity contribution in [3.63, 3.8) is 0 Å². The molecule has 0 bridgehead atoms. The van der Waals surface area contributed by atoms with Gasteiger partial charge in [0.1, 0.15) is 0 Å². The number of likely N-dealkylation sites (tertiary alicyclic amines) is 1. The molecule has 1 amide bonds. The summed E-state index contributed by atoms with van der Waals surface area (Å²) in [4.78, 5) is 13.6. The molecule has 1 aliphatic heterocycles. The highest BCUT2D eigenvalue weighted by Gasteiger charge is 2.22. The summed E-state index contributed by atoms with van der Waals surface area (Å²) < 4.78 is 25.7. The fourth-order valence-electron chi connectivity index (χ4n) is 1.86. The fraction of sp³-hybridized carbons (Fsp3) is 0.417. The summed E-state index contributed by atoms with van der Waals surface area (Å²) in [5.41, 5.74) is 0.178. The molecule has 2 rings (SSSR count). The van der Waals surface area contributed by atoms with E-state index in [-0.39, 0.29) is 16.8 Å². The zero-order valence-corrected chi connectivity index (χ0v) is 9.88. The van der Waals surface area contributed by atoms with Crippen molar-refractivity contribution in [3.8, 4) is 0 Å². The molecule has 0 unspecified atom stereocenters. The summed E-state index contributed by atoms with van der Waals surface area (Å²) in [6.07, 6.45) is 1.47. The minimum absolute atomic E-state index is 0.101. The predicted molar refractivity (Wildman–Crippen MR) is 61.1 cm³/mol. The average Bonchev–Trinajstić information content (AvgIpc) is 2.33. The van der Waals surface area contributed by atoms with Crippen molar-refractivity contribution in [1.29, 1.82) is 0 Å². The van der Waals surface area contributed by atoms with Crippen molar-refractivity contribution in [2.24, 2.45) is 0 Å². The molecular weight excluding hydrogens is 248 g/mol. The third-order valence-corrected chi connectivity index (χ3v) is 3.31. The minimum Gasteiger partial charge on any atom is -0.339 e. The third-order valence-electron chi connectivity index (χ3n) is 2.88. The van der Waals surface area contributed by atoms with Crippen molar-refractivity contribution < 1.29 is 13.6 Å². The van der Waals surface area contributed by atoms with Gasteiger partial charge in [0.15, 0.2) is 11.6 Å². The summed E-state index contributed by atoms with van der Waals surface area (Å²) in [7, 11) is 0. The molecule has 0 aliphatic carbocycles. The lowest BCUT2D eigenvalue weighted by Gasteiger charge is -2.29. The lowest BCUT2D eigenvalue weighted by molar-refractivity contribution is 0.0726. The lowest BCUT2D eigenvalue weighted by Crippen LogP contribution is -2.38. The topological polar surface area (TPSA) is 20.3 Å². The molecule has 0 saturated carbocycles. The van der Waals surface area contributed by atoms with E-state index >= 15 is 0 Å². The summed E-state index contributed by atoms with van der Waals surface area (Å²) in [5.74, 6) is -2.21. The number of hydrogen-bond donors (Lipinski definition) is 0. The van der Waals surface area contributed by atoms with Crippen molar-refractivity contribution in [2.45, 2.75) is 18.2 Å². The van der Waals surface area contributed by atoms with Crippen LogP contribution in [0.2, 0.25) is 0 Å². The molecule has 1 fully saturated rings. The Morgan fingerprint density at radius 3 is 2.47 bits per heavy atom. The van der Waals surface area contributed by atoms with Crippen LogP contribution in [0.4, 0.5) is 8.78 Å². The van der Waals surface area contributed by atoms with E-state index < -0.39 is 11.6 Å². The minimum atomic E-state index is -0.997.